The number of benzene rings is 1. The van der Waals surface area contributed by atoms with Gasteiger partial charge in [-0.25, -0.2) is 0 Å². The predicted octanol–water partition coefficient (Wildman–Crippen LogP) is 2.79. The number of hydrogen-bond donors (Lipinski definition) is 1. The molecular formula is C19H25N3O. The second-order valence-electron chi connectivity index (χ2n) is 7.35. The zero-order chi connectivity index (χ0) is 16.7. The predicted molar refractivity (Wildman–Crippen MR) is 91.2 cm³/mol. The van der Waals surface area contributed by atoms with Crippen LogP contribution < -0.4 is 0 Å². The third-order valence-corrected chi connectivity index (χ3v) is 5.11. The molecule has 0 spiro atoms. The molecule has 2 heterocycles. The quantitative estimate of drug-likeness (QED) is 0.943. The first-order chi connectivity index (χ1) is 10.9. The highest BCUT2D eigenvalue weighted by molar-refractivity contribution is 5.40. The minimum absolute atomic E-state index is 0.246. The maximum atomic E-state index is 11.8. The molecule has 1 aromatic heterocycles. The molecule has 0 amide bonds. The van der Waals surface area contributed by atoms with Gasteiger partial charge in [0.1, 0.15) is 5.60 Å². The summed E-state index contributed by atoms with van der Waals surface area (Å²) in [5.41, 5.74) is 1.69. The van der Waals surface area contributed by atoms with E-state index in [9.17, 15) is 5.11 Å². The average molecular weight is 311 g/mol. The summed E-state index contributed by atoms with van der Waals surface area (Å²) in [7, 11) is 2.08. The monoisotopic (exact) mass is 311 g/mol. The van der Waals surface area contributed by atoms with E-state index in [2.05, 4.69) is 67.2 Å². The van der Waals surface area contributed by atoms with Crippen LogP contribution in [0, 0.1) is 5.41 Å². The Morgan fingerprint density at radius 2 is 1.74 bits per heavy atom. The summed E-state index contributed by atoms with van der Waals surface area (Å²) < 4.78 is 0. The summed E-state index contributed by atoms with van der Waals surface area (Å²) >= 11 is 0. The molecule has 1 aliphatic rings. The van der Waals surface area contributed by atoms with Crippen molar-refractivity contribution in [3.8, 4) is 0 Å². The molecule has 23 heavy (non-hydrogen) atoms. The number of likely N-dealkylation sites (tertiary alicyclic amines) is 1. The van der Waals surface area contributed by atoms with E-state index in [0.717, 1.165) is 24.2 Å². The minimum Gasteiger partial charge on any atom is -0.380 e. The second-order valence-corrected chi connectivity index (χ2v) is 7.35. The Morgan fingerprint density at radius 3 is 2.22 bits per heavy atom. The van der Waals surface area contributed by atoms with Crippen LogP contribution >= 0.6 is 0 Å². The van der Waals surface area contributed by atoms with Crippen molar-refractivity contribution >= 4 is 0 Å². The van der Waals surface area contributed by atoms with E-state index in [1.807, 2.05) is 6.07 Å². The van der Waals surface area contributed by atoms with Gasteiger partial charge in [0.05, 0.1) is 6.20 Å². The summed E-state index contributed by atoms with van der Waals surface area (Å²) in [4.78, 5) is 2.22. The Balaban J connectivity index is 2.09. The highest BCUT2D eigenvalue weighted by Crippen LogP contribution is 2.49. The topological polar surface area (TPSA) is 49.3 Å². The molecule has 1 aromatic carbocycles. The molecule has 3 rings (SSSR count). The van der Waals surface area contributed by atoms with Crippen LogP contribution in [0.3, 0.4) is 0 Å². The lowest BCUT2D eigenvalue weighted by molar-refractivity contribution is -0.127. The number of aliphatic hydroxyl groups is 1. The first kappa shape index (κ1) is 16.1. The van der Waals surface area contributed by atoms with Gasteiger partial charge in [-0.3, -0.25) is 0 Å². The van der Waals surface area contributed by atoms with E-state index in [1.165, 1.54) is 5.56 Å². The van der Waals surface area contributed by atoms with E-state index in [4.69, 9.17) is 0 Å². The maximum Gasteiger partial charge on any atom is 0.124 e. The molecular weight excluding hydrogens is 286 g/mol. The molecule has 4 heteroatoms. The second kappa shape index (κ2) is 5.69. The fourth-order valence-corrected chi connectivity index (χ4v) is 3.85. The summed E-state index contributed by atoms with van der Waals surface area (Å²) in [5, 5.41) is 19.6. The van der Waals surface area contributed by atoms with Gasteiger partial charge in [-0.15, -0.1) is 0 Å². The van der Waals surface area contributed by atoms with Gasteiger partial charge >= 0.3 is 0 Å². The lowest BCUT2D eigenvalue weighted by atomic mass is 9.62. The van der Waals surface area contributed by atoms with Crippen LogP contribution in [0.1, 0.15) is 43.4 Å². The van der Waals surface area contributed by atoms with Gasteiger partial charge in [0, 0.05) is 30.3 Å². The van der Waals surface area contributed by atoms with Crippen LogP contribution in [0.2, 0.25) is 0 Å². The lowest BCUT2D eigenvalue weighted by Crippen LogP contribution is -2.63. The number of hydrogen-bond acceptors (Lipinski definition) is 4. The standard InChI is InChI=1S/C19H25N3O/c1-14(2)15-5-7-16(8-6-15)19(23,17-9-10-20-21-11-17)18(3)12-22(4)13-18/h5-11,14,23H,12-13H2,1-4H3/t19-/m0/s1. The van der Waals surface area contributed by atoms with E-state index in [0.29, 0.717) is 5.92 Å². The van der Waals surface area contributed by atoms with Crippen LogP contribution in [0.25, 0.3) is 0 Å². The Hall–Kier alpha value is -1.78. The fourth-order valence-electron chi connectivity index (χ4n) is 3.85. The van der Waals surface area contributed by atoms with Gasteiger partial charge in [0.25, 0.3) is 0 Å². The van der Waals surface area contributed by atoms with Crippen molar-refractivity contribution in [2.45, 2.75) is 32.3 Å². The van der Waals surface area contributed by atoms with Crippen LogP contribution in [0.5, 0.6) is 0 Å². The van der Waals surface area contributed by atoms with Gasteiger partial charge < -0.3 is 10.0 Å². The minimum atomic E-state index is -1.06. The maximum absolute atomic E-state index is 11.8. The third kappa shape index (κ3) is 2.56. The Labute approximate surface area is 138 Å². The Bertz CT molecular complexity index is 663. The van der Waals surface area contributed by atoms with Crippen LogP contribution in [0.15, 0.2) is 42.7 Å². The average Bonchev–Trinajstić information content (AvgIpc) is 2.53. The molecule has 0 radical (unpaired) electrons. The van der Waals surface area contributed by atoms with Crippen LogP contribution in [0.4, 0.5) is 0 Å². The van der Waals surface area contributed by atoms with Gasteiger partial charge in [0.15, 0.2) is 0 Å². The molecule has 1 atom stereocenters. The number of aromatic nitrogens is 2. The van der Waals surface area contributed by atoms with Crippen LogP contribution in [-0.2, 0) is 5.60 Å². The van der Waals surface area contributed by atoms with E-state index < -0.39 is 5.60 Å². The van der Waals surface area contributed by atoms with Crippen molar-refractivity contribution in [1.82, 2.24) is 15.1 Å². The first-order valence-electron chi connectivity index (χ1n) is 8.15. The molecule has 1 saturated heterocycles. The Morgan fingerprint density at radius 1 is 1.09 bits per heavy atom. The first-order valence-corrected chi connectivity index (χ1v) is 8.15. The highest BCUT2D eigenvalue weighted by atomic mass is 16.3. The molecule has 0 bridgehead atoms. The lowest BCUT2D eigenvalue weighted by Gasteiger charge is -2.55. The van der Waals surface area contributed by atoms with Gasteiger partial charge in [-0.2, -0.15) is 10.2 Å². The largest absolute Gasteiger partial charge is 0.380 e. The van der Waals surface area contributed by atoms with Crippen LogP contribution in [-0.4, -0.2) is 40.3 Å². The van der Waals surface area contributed by atoms with E-state index in [-0.39, 0.29) is 5.41 Å². The summed E-state index contributed by atoms with van der Waals surface area (Å²) in [6.07, 6.45) is 3.33. The zero-order valence-electron chi connectivity index (χ0n) is 14.3. The molecule has 0 aliphatic carbocycles. The van der Waals surface area contributed by atoms with Crippen molar-refractivity contribution in [3.05, 3.63) is 59.4 Å². The van der Waals surface area contributed by atoms with Gasteiger partial charge in [-0.05, 0) is 30.2 Å². The number of nitrogens with zero attached hydrogens (tertiary/aromatic N) is 3. The summed E-state index contributed by atoms with van der Waals surface area (Å²) in [5.74, 6) is 0.477. The molecule has 122 valence electrons. The van der Waals surface area contributed by atoms with Crippen molar-refractivity contribution in [1.29, 1.82) is 0 Å². The number of rotatable bonds is 4. The Kier molecular flexibility index (Phi) is 3.98. The SMILES string of the molecule is CC(C)c1ccc([C@](O)(c2ccnnc2)C2(C)CN(C)C2)cc1. The van der Waals surface area contributed by atoms with Crippen molar-refractivity contribution < 1.29 is 5.11 Å². The molecule has 4 nitrogen and oxygen atoms in total. The van der Waals surface area contributed by atoms with Gasteiger partial charge in [-0.1, -0.05) is 45.0 Å². The summed E-state index contributed by atoms with van der Waals surface area (Å²) in [6, 6.07) is 10.2. The highest BCUT2D eigenvalue weighted by Gasteiger charge is 2.55. The zero-order valence-corrected chi connectivity index (χ0v) is 14.3. The molecule has 0 unspecified atom stereocenters. The third-order valence-electron chi connectivity index (χ3n) is 5.11. The molecule has 1 fully saturated rings. The molecule has 2 aromatic rings. The molecule has 0 saturated carbocycles. The molecule has 1 aliphatic heterocycles. The van der Waals surface area contributed by atoms with Gasteiger partial charge in [0.2, 0.25) is 0 Å². The van der Waals surface area contributed by atoms with E-state index >= 15 is 0 Å². The normalized spacial score (nSPS) is 20.1. The smallest absolute Gasteiger partial charge is 0.124 e. The van der Waals surface area contributed by atoms with Crippen molar-refractivity contribution in [2.75, 3.05) is 20.1 Å². The summed E-state index contributed by atoms with van der Waals surface area (Å²) in [6.45, 7) is 8.19. The van der Waals surface area contributed by atoms with Crippen molar-refractivity contribution in [3.63, 3.8) is 0 Å². The van der Waals surface area contributed by atoms with E-state index in [1.54, 1.807) is 12.4 Å². The fraction of sp³-hybridized carbons (Fsp3) is 0.474. The molecule has 1 N–H and O–H groups in total. The van der Waals surface area contributed by atoms with Crippen molar-refractivity contribution in [2.24, 2.45) is 5.41 Å².